The normalized spacial score (nSPS) is 9.21. The van der Waals surface area contributed by atoms with Gasteiger partial charge in [0.15, 0.2) is 0 Å². The molecule has 0 spiro atoms. The lowest BCUT2D eigenvalue weighted by atomic mass is 10.3. The van der Waals surface area contributed by atoms with Gasteiger partial charge in [0.1, 0.15) is 0 Å². The second-order valence-corrected chi connectivity index (χ2v) is 2.61. The zero-order valence-corrected chi connectivity index (χ0v) is 7.71. The molecular weight excluding hydrogens is 184 g/mol. The summed E-state index contributed by atoms with van der Waals surface area (Å²) in [5.41, 5.74) is 8.48. The molecule has 1 heterocycles. The number of nitrogens with zero attached hydrogens (tertiary/aromatic N) is 5. The Morgan fingerprint density at radius 1 is 1.86 bits per heavy atom. The molecule has 0 saturated carbocycles. The van der Waals surface area contributed by atoms with E-state index in [1.165, 1.54) is 6.20 Å². The molecule has 0 atom stereocenters. The van der Waals surface area contributed by atoms with E-state index in [-0.39, 0.29) is 12.5 Å². The first-order valence-corrected chi connectivity index (χ1v) is 4.01. The van der Waals surface area contributed by atoms with Crippen molar-refractivity contribution >= 4 is 5.91 Å². The van der Waals surface area contributed by atoms with Crippen molar-refractivity contribution in [1.29, 1.82) is 0 Å². The first-order chi connectivity index (χ1) is 6.74. The van der Waals surface area contributed by atoms with E-state index in [0.717, 1.165) is 0 Å². The molecule has 1 amide bonds. The number of amides is 1. The van der Waals surface area contributed by atoms with E-state index in [1.807, 2.05) is 0 Å². The summed E-state index contributed by atoms with van der Waals surface area (Å²) >= 11 is 0. The average molecular weight is 194 g/mol. The number of carbonyl (C=O) groups is 1. The van der Waals surface area contributed by atoms with Crippen molar-refractivity contribution in [2.45, 2.75) is 0 Å². The molecule has 0 aliphatic carbocycles. The predicted octanol–water partition coefficient (Wildman–Crippen LogP) is 0.460. The van der Waals surface area contributed by atoms with Crippen molar-refractivity contribution in [1.82, 2.24) is 15.1 Å². The number of hydrogen-bond acceptors (Lipinski definition) is 3. The molecule has 0 aliphatic heterocycles. The standard InChI is InChI=1S/C7H10N6O/c1-13-5-6(4-11-13)7(14)9-2-3-10-12-8/h4-5H,2-3H2,1H3,(H,9,14). The quantitative estimate of drug-likeness (QED) is 0.326. The lowest BCUT2D eigenvalue weighted by Crippen LogP contribution is -2.25. The van der Waals surface area contributed by atoms with Gasteiger partial charge in [-0.25, -0.2) is 0 Å². The molecule has 0 fully saturated rings. The Morgan fingerprint density at radius 3 is 3.21 bits per heavy atom. The highest BCUT2D eigenvalue weighted by Gasteiger charge is 2.05. The zero-order valence-electron chi connectivity index (χ0n) is 7.71. The van der Waals surface area contributed by atoms with Gasteiger partial charge in [-0.15, -0.1) is 0 Å². The summed E-state index contributed by atoms with van der Waals surface area (Å²) in [5, 5.41) is 9.73. The Hall–Kier alpha value is -2.01. The van der Waals surface area contributed by atoms with E-state index in [1.54, 1.807) is 17.9 Å². The first kappa shape index (κ1) is 10.1. The first-order valence-electron chi connectivity index (χ1n) is 4.01. The van der Waals surface area contributed by atoms with Gasteiger partial charge in [0.25, 0.3) is 5.91 Å². The van der Waals surface area contributed by atoms with Crippen LogP contribution in [0.2, 0.25) is 0 Å². The van der Waals surface area contributed by atoms with Gasteiger partial charge in [-0.3, -0.25) is 9.48 Å². The van der Waals surface area contributed by atoms with E-state index in [0.29, 0.717) is 12.1 Å². The Bertz CT molecular complexity index is 364. The smallest absolute Gasteiger partial charge is 0.254 e. The second-order valence-electron chi connectivity index (χ2n) is 2.61. The maximum Gasteiger partial charge on any atom is 0.254 e. The minimum atomic E-state index is -0.216. The molecule has 74 valence electrons. The third-order valence-corrected chi connectivity index (χ3v) is 1.53. The topological polar surface area (TPSA) is 95.7 Å². The second kappa shape index (κ2) is 4.88. The average Bonchev–Trinajstić information content (AvgIpc) is 2.59. The van der Waals surface area contributed by atoms with Gasteiger partial charge < -0.3 is 5.32 Å². The number of nitrogens with one attached hydrogen (secondary N) is 1. The maximum atomic E-state index is 11.3. The predicted molar refractivity (Wildman–Crippen MR) is 49.6 cm³/mol. The molecule has 1 rings (SSSR count). The Kier molecular flexibility index (Phi) is 3.51. The molecule has 1 aromatic heterocycles. The van der Waals surface area contributed by atoms with E-state index >= 15 is 0 Å². The van der Waals surface area contributed by atoms with Gasteiger partial charge in [0, 0.05) is 31.2 Å². The van der Waals surface area contributed by atoms with E-state index in [2.05, 4.69) is 20.4 Å². The van der Waals surface area contributed by atoms with Crippen molar-refractivity contribution in [3.8, 4) is 0 Å². The summed E-state index contributed by atoms with van der Waals surface area (Å²) in [5.74, 6) is -0.216. The van der Waals surface area contributed by atoms with Crippen LogP contribution in [-0.2, 0) is 7.05 Å². The summed E-state index contributed by atoms with van der Waals surface area (Å²) in [6.07, 6.45) is 3.09. The van der Waals surface area contributed by atoms with E-state index < -0.39 is 0 Å². The maximum absolute atomic E-state index is 11.3. The lowest BCUT2D eigenvalue weighted by molar-refractivity contribution is 0.0954. The van der Waals surface area contributed by atoms with Crippen LogP contribution >= 0.6 is 0 Å². The number of azide groups is 1. The van der Waals surface area contributed by atoms with Crippen LogP contribution in [-0.4, -0.2) is 28.8 Å². The van der Waals surface area contributed by atoms with Gasteiger partial charge in [0.2, 0.25) is 0 Å². The molecule has 1 N–H and O–H groups in total. The molecule has 14 heavy (non-hydrogen) atoms. The highest BCUT2D eigenvalue weighted by Crippen LogP contribution is 1.94. The highest BCUT2D eigenvalue weighted by atomic mass is 16.1. The fraction of sp³-hybridized carbons (Fsp3) is 0.429. The van der Waals surface area contributed by atoms with Crippen LogP contribution in [0.3, 0.4) is 0 Å². The Balaban J connectivity index is 2.39. The highest BCUT2D eigenvalue weighted by molar-refractivity contribution is 5.93. The van der Waals surface area contributed by atoms with Crippen molar-refractivity contribution in [3.05, 3.63) is 28.4 Å². The fourth-order valence-electron chi connectivity index (χ4n) is 0.905. The summed E-state index contributed by atoms with van der Waals surface area (Å²) < 4.78 is 1.54. The number of aromatic nitrogens is 2. The van der Waals surface area contributed by atoms with Crippen LogP contribution in [0.25, 0.3) is 10.4 Å². The van der Waals surface area contributed by atoms with Crippen molar-refractivity contribution in [2.24, 2.45) is 12.2 Å². The minimum absolute atomic E-state index is 0.216. The molecule has 7 nitrogen and oxygen atoms in total. The van der Waals surface area contributed by atoms with Crippen LogP contribution in [0.5, 0.6) is 0 Å². The third-order valence-electron chi connectivity index (χ3n) is 1.53. The van der Waals surface area contributed by atoms with Crippen LogP contribution in [0.1, 0.15) is 10.4 Å². The summed E-state index contributed by atoms with van der Waals surface area (Å²) in [6, 6.07) is 0. The van der Waals surface area contributed by atoms with Gasteiger partial charge in [-0.1, -0.05) is 5.11 Å². The minimum Gasteiger partial charge on any atom is -0.352 e. The molecular formula is C7H10N6O. The van der Waals surface area contributed by atoms with Gasteiger partial charge >= 0.3 is 0 Å². The Labute approximate surface area is 80.3 Å². The molecule has 0 aromatic carbocycles. The lowest BCUT2D eigenvalue weighted by Gasteiger charge is -1.98. The van der Waals surface area contributed by atoms with E-state index in [4.69, 9.17) is 5.53 Å². The van der Waals surface area contributed by atoms with Crippen LogP contribution in [0, 0.1) is 0 Å². The molecule has 0 unspecified atom stereocenters. The molecule has 1 aromatic rings. The molecule has 0 bridgehead atoms. The van der Waals surface area contributed by atoms with Crippen molar-refractivity contribution in [2.75, 3.05) is 13.1 Å². The van der Waals surface area contributed by atoms with Gasteiger partial charge in [-0.2, -0.15) is 5.10 Å². The van der Waals surface area contributed by atoms with Crippen LogP contribution in [0.4, 0.5) is 0 Å². The summed E-state index contributed by atoms with van der Waals surface area (Å²) in [7, 11) is 1.73. The number of carbonyl (C=O) groups excluding carboxylic acids is 1. The van der Waals surface area contributed by atoms with E-state index in [9.17, 15) is 4.79 Å². The summed E-state index contributed by atoms with van der Waals surface area (Å²) in [6.45, 7) is 0.584. The Morgan fingerprint density at radius 2 is 2.64 bits per heavy atom. The van der Waals surface area contributed by atoms with Crippen molar-refractivity contribution < 1.29 is 4.79 Å². The monoisotopic (exact) mass is 194 g/mol. The molecule has 0 aliphatic rings. The fourth-order valence-corrected chi connectivity index (χ4v) is 0.905. The largest absolute Gasteiger partial charge is 0.352 e. The third kappa shape index (κ3) is 2.80. The van der Waals surface area contributed by atoms with Crippen molar-refractivity contribution in [3.63, 3.8) is 0 Å². The van der Waals surface area contributed by atoms with Gasteiger partial charge in [-0.05, 0) is 5.53 Å². The number of aryl methyl sites for hydroxylation is 1. The number of rotatable bonds is 4. The SMILES string of the molecule is Cn1cc(C(=O)NCCN=[N+]=[N-])cn1. The molecule has 7 heteroatoms. The van der Waals surface area contributed by atoms with Crippen LogP contribution < -0.4 is 5.32 Å². The molecule has 0 radical (unpaired) electrons. The van der Waals surface area contributed by atoms with Gasteiger partial charge in [0.05, 0.1) is 11.8 Å². The summed E-state index contributed by atoms with van der Waals surface area (Å²) in [4.78, 5) is 13.9. The zero-order chi connectivity index (χ0) is 10.4. The van der Waals surface area contributed by atoms with Crippen LogP contribution in [0.15, 0.2) is 17.5 Å². The molecule has 0 saturated heterocycles. The number of hydrogen-bond donors (Lipinski definition) is 1.